The summed E-state index contributed by atoms with van der Waals surface area (Å²) in [4.78, 5) is -0.846. The summed E-state index contributed by atoms with van der Waals surface area (Å²) in [5.41, 5.74) is -0.148. The van der Waals surface area contributed by atoms with Crippen LogP contribution >= 0.6 is 0 Å². The van der Waals surface area contributed by atoms with Crippen molar-refractivity contribution in [3.63, 3.8) is 0 Å². The highest BCUT2D eigenvalue weighted by Gasteiger charge is 2.36. The highest BCUT2D eigenvalue weighted by Crippen LogP contribution is 2.34. The van der Waals surface area contributed by atoms with E-state index in [1.807, 2.05) is 0 Å². The second kappa shape index (κ2) is 6.21. The largest absolute Gasteiger partial charge is 0.417 e. The molecule has 0 saturated heterocycles. The second-order valence-electron chi connectivity index (χ2n) is 4.91. The fraction of sp³-hybridized carbons (Fsp3) is 0.200. The van der Waals surface area contributed by atoms with Crippen molar-refractivity contribution in [2.75, 3.05) is 4.72 Å². The average molecular weight is 345 g/mol. The molecule has 0 aliphatic carbocycles. The predicted octanol–water partition coefficient (Wildman–Crippen LogP) is 3.31. The number of halogens is 3. The van der Waals surface area contributed by atoms with Crippen LogP contribution in [-0.4, -0.2) is 13.5 Å². The second-order valence-corrected chi connectivity index (χ2v) is 6.56. The third kappa shape index (κ3) is 3.83. The lowest BCUT2D eigenvalue weighted by atomic mass is 10.1. The summed E-state index contributed by atoms with van der Waals surface area (Å²) in [5.74, 6) is 0. The number of sulfonamides is 1. The van der Waals surface area contributed by atoms with Crippen molar-refractivity contribution in [3.05, 3.63) is 59.2 Å². The van der Waals surface area contributed by atoms with Crippen molar-refractivity contribution >= 4 is 15.7 Å². The zero-order valence-electron chi connectivity index (χ0n) is 12.1. The minimum absolute atomic E-state index is 0.119. The number of benzene rings is 2. The van der Waals surface area contributed by atoms with Gasteiger partial charge in [-0.2, -0.15) is 13.2 Å². The molecule has 2 aromatic rings. The zero-order chi connectivity index (χ0) is 17.3. The first kappa shape index (κ1) is 17.3. The van der Waals surface area contributed by atoms with E-state index in [1.165, 1.54) is 12.1 Å². The number of aryl methyl sites for hydroxylation is 1. The Labute approximate surface area is 131 Å². The van der Waals surface area contributed by atoms with Crippen molar-refractivity contribution in [2.24, 2.45) is 0 Å². The van der Waals surface area contributed by atoms with E-state index >= 15 is 0 Å². The number of alkyl halides is 3. The maximum Gasteiger partial charge on any atom is 0.417 e. The van der Waals surface area contributed by atoms with Gasteiger partial charge in [-0.25, -0.2) is 8.42 Å². The van der Waals surface area contributed by atoms with E-state index in [4.69, 9.17) is 5.11 Å². The Hall–Kier alpha value is -2.06. The molecule has 0 bridgehead atoms. The first-order valence-electron chi connectivity index (χ1n) is 6.54. The van der Waals surface area contributed by atoms with Gasteiger partial charge in [0.25, 0.3) is 10.0 Å². The van der Waals surface area contributed by atoms with Gasteiger partial charge in [0.15, 0.2) is 0 Å². The van der Waals surface area contributed by atoms with Gasteiger partial charge >= 0.3 is 6.18 Å². The first-order chi connectivity index (χ1) is 10.6. The van der Waals surface area contributed by atoms with E-state index in [-0.39, 0.29) is 12.3 Å². The van der Waals surface area contributed by atoms with Crippen molar-refractivity contribution in [1.29, 1.82) is 0 Å². The summed E-state index contributed by atoms with van der Waals surface area (Å²) in [6.45, 7) is 1.29. The molecule has 0 atom stereocenters. The average Bonchev–Trinajstić information content (AvgIpc) is 2.48. The quantitative estimate of drug-likeness (QED) is 0.893. The van der Waals surface area contributed by atoms with Crippen molar-refractivity contribution in [2.45, 2.75) is 24.6 Å². The molecule has 0 radical (unpaired) electrons. The molecule has 0 aliphatic heterocycles. The third-order valence-corrected chi connectivity index (χ3v) is 4.63. The SMILES string of the molecule is Cc1ccc(CO)cc1NS(=O)(=O)c1ccccc1C(F)(F)F. The summed E-state index contributed by atoms with van der Waals surface area (Å²) in [7, 11) is -4.43. The van der Waals surface area contributed by atoms with Gasteiger partial charge in [-0.15, -0.1) is 0 Å². The van der Waals surface area contributed by atoms with E-state index in [9.17, 15) is 21.6 Å². The van der Waals surface area contributed by atoms with Crippen LogP contribution in [0.4, 0.5) is 18.9 Å². The van der Waals surface area contributed by atoms with Crippen LogP contribution in [0.5, 0.6) is 0 Å². The van der Waals surface area contributed by atoms with Gasteiger partial charge in [0.05, 0.1) is 22.8 Å². The van der Waals surface area contributed by atoms with E-state index < -0.39 is 26.7 Å². The van der Waals surface area contributed by atoms with Crippen LogP contribution in [-0.2, 0) is 22.8 Å². The van der Waals surface area contributed by atoms with Gasteiger partial charge in [-0.05, 0) is 36.2 Å². The molecule has 2 aromatic carbocycles. The molecule has 124 valence electrons. The number of rotatable bonds is 4. The predicted molar refractivity (Wildman–Crippen MR) is 79.4 cm³/mol. The highest BCUT2D eigenvalue weighted by molar-refractivity contribution is 7.92. The van der Waals surface area contributed by atoms with E-state index in [0.717, 1.165) is 12.1 Å². The molecular formula is C15H14F3NO3S. The number of aliphatic hydroxyl groups is 1. The van der Waals surface area contributed by atoms with Gasteiger partial charge in [0.1, 0.15) is 0 Å². The molecule has 0 fully saturated rings. The lowest BCUT2D eigenvalue weighted by Gasteiger charge is -2.15. The number of anilines is 1. The maximum absolute atomic E-state index is 13.0. The molecular weight excluding hydrogens is 331 g/mol. The molecule has 0 saturated carbocycles. The lowest BCUT2D eigenvalue weighted by Crippen LogP contribution is -2.19. The third-order valence-electron chi connectivity index (χ3n) is 3.21. The highest BCUT2D eigenvalue weighted by atomic mass is 32.2. The van der Waals surface area contributed by atoms with Gasteiger partial charge < -0.3 is 5.11 Å². The fourth-order valence-electron chi connectivity index (χ4n) is 2.01. The summed E-state index contributed by atoms with van der Waals surface area (Å²) in [6.07, 6.45) is -4.78. The molecule has 2 rings (SSSR count). The maximum atomic E-state index is 13.0. The molecule has 0 unspecified atom stereocenters. The minimum atomic E-state index is -4.78. The monoisotopic (exact) mass is 345 g/mol. The van der Waals surface area contributed by atoms with Crippen LogP contribution < -0.4 is 4.72 Å². The van der Waals surface area contributed by atoms with Gasteiger partial charge in [0, 0.05) is 0 Å². The van der Waals surface area contributed by atoms with Gasteiger partial charge in [-0.3, -0.25) is 4.72 Å². The molecule has 0 amide bonds. The summed E-state index contributed by atoms with van der Waals surface area (Å²) < 4.78 is 65.8. The first-order valence-corrected chi connectivity index (χ1v) is 8.03. The lowest BCUT2D eigenvalue weighted by molar-refractivity contribution is -0.139. The molecule has 2 N–H and O–H groups in total. The standard InChI is InChI=1S/C15H14F3NO3S/c1-10-6-7-11(9-20)8-13(10)19-23(21,22)14-5-3-2-4-12(14)15(16,17)18/h2-8,19-20H,9H2,1H3. The van der Waals surface area contributed by atoms with Crippen LogP contribution in [0.2, 0.25) is 0 Å². The molecule has 0 aliphatic rings. The van der Waals surface area contributed by atoms with Crippen LogP contribution in [0.25, 0.3) is 0 Å². The van der Waals surface area contributed by atoms with E-state index in [2.05, 4.69) is 4.72 Å². The van der Waals surface area contributed by atoms with Crippen LogP contribution in [0.1, 0.15) is 16.7 Å². The zero-order valence-corrected chi connectivity index (χ0v) is 12.9. The Balaban J connectivity index is 2.49. The van der Waals surface area contributed by atoms with Gasteiger partial charge in [-0.1, -0.05) is 24.3 Å². The molecule has 4 nitrogen and oxygen atoms in total. The smallest absolute Gasteiger partial charge is 0.392 e. The van der Waals surface area contributed by atoms with Crippen molar-refractivity contribution in [1.82, 2.24) is 0 Å². The normalized spacial score (nSPS) is 12.2. The number of aliphatic hydroxyl groups excluding tert-OH is 1. The van der Waals surface area contributed by atoms with Crippen molar-refractivity contribution < 1.29 is 26.7 Å². The molecule has 23 heavy (non-hydrogen) atoms. The van der Waals surface area contributed by atoms with E-state index in [1.54, 1.807) is 19.1 Å². The molecule has 8 heteroatoms. The Kier molecular flexibility index (Phi) is 4.67. The summed E-state index contributed by atoms with van der Waals surface area (Å²) >= 11 is 0. The minimum Gasteiger partial charge on any atom is -0.392 e. The molecule has 0 heterocycles. The fourth-order valence-corrected chi connectivity index (χ4v) is 3.36. The summed E-state index contributed by atoms with van der Waals surface area (Å²) in [6, 6.07) is 8.50. The molecule has 0 aromatic heterocycles. The number of hydrogen-bond donors (Lipinski definition) is 2. The molecule has 0 spiro atoms. The Morgan fingerprint density at radius 3 is 2.39 bits per heavy atom. The number of hydrogen-bond acceptors (Lipinski definition) is 3. The Bertz CT molecular complexity index is 817. The van der Waals surface area contributed by atoms with E-state index in [0.29, 0.717) is 17.2 Å². The number of nitrogens with one attached hydrogen (secondary N) is 1. The Morgan fingerprint density at radius 2 is 1.78 bits per heavy atom. The van der Waals surface area contributed by atoms with Crippen LogP contribution in [0, 0.1) is 6.92 Å². The van der Waals surface area contributed by atoms with Crippen LogP contribution in [0.15, 0.2) is 47.4 Å². The Morgan fingerprint density at radius 1 is 1.13 bits per heavy atom. The summed E-state index contributed by atoms with van der Waals surface area (Å²) in [5, 5.41) is 9.09. The topological polar surface area (TPSA) is 66.4 Å². The van der Waals surface area contributed by atoms with Gasteiger partial charge in [0.2, 0.25) is 0 Å². The van der Waals surface area contributed by atoms with Crippen molar-refractivity contribution in [3.8, 4) is 0 Å². The van der Waals surface area contributed by atoms with Crippen LogP contribution in [0.3, 0.4) is 0 Å².